The van der Waals surface area contributed by atoms with Crippen LogP contribution >= 0.6 is 0 Å². The van der Waals surface area contributed by atoms with Gasteiger partial charge in [0.2, 0.25) is 0 Å². The van der Waals surface area contributed by atoms with Gasteiger partial charge in [-0.2, -0.15) is 5.26 Å². The van der Waals surface area contributed by atoms with Gasteiger partial charge in [0.25, 0.3) is 0 Å². The normalized spacial score (nSPS) is 12.7. The van der Waals surface area contributed by atoms with Crippen LogP contribution in [0.3, 0.4) is 0 Å². The Morgan fingerprint density at radius 2 is 2.00 bits per heavy atom. The Kier molecular flexibility index (Phi) is 6.49. The van der Waals surface area contributed by atoms with Gasteiger partial charge >= 0.3 is 6.03 Å². The number of aliphatic hydroxyl groups excluding tert-OH is 1. The first-order chi connectivity index (χ1) is 12.0. The van der Waals surface area contributed by atoms with Crippen molar-refractivity contribution in [3.05, 3.63) is 71.0 Å². The molecule has 0 heterocycles. The summed E-state index contributed by atoms with van der Waals surface area (Å²) in [6, 6.07) is 14.4. The third-order valence-corrected chi connectivity index (χ3v) is 3.75. The third kappa shape index (κ3) is 5.59. The van der Waals surface area contributed by atoms with E-state index >= 15 is 0 Å². The van der Waals surface area contributed by atoms with Crippen LogP contribution in [0.25, 0.3) is 0 Å². The lowest BCUT2D eigenvalue weighted by molar-refractivity contribution is 0.154. The van der Waals surface area contributed by atoms with Crippen molar-refractivity contribution in [2.75, 3.05) is 0 Å². The number of amides is 2. The number of nitriles is 1. The molecule has 5 nitrogen and oxygen atoms in total. The van der Waals surface area contributed by atoms with Crippen LogP contribution < -0.4 is 10.6 Å². The molecule has 2 aromatic carbocycles. The lowest BCUT2D eigenvalue weighted by atomic mass is 10.0. The zero-order chi connectivity index (χ0) is 18.2. The zero-order valence-electron chi connectivity index (χ0n) is 13.9. The summed E-state index contributed by atoms with van der Waals surface area (Å²) < 4.78 is 13.7. The quantitative estimate of drug-likeness (QED) is 0.755. The zero-order valence-corrected chi connectivity index (χ0v) is 13.9. The van der Waals surface area contributed by atoms with E-state index in [-0.39, 0.29) is 18.2 Å². The Balaban J connectivity index is 1.83. The highest BCUT2D eigenvalue weighted by Crippen LogP contribution is 2.17. The van der Waals surface area contributed by atoms with Crippen molar-refractivity contribution in [2.24, 2.45) is 0 Å². The maximum atomic E-state index is 13.7. The molecular weight excluding hydrogens is 321 g/mol. The molecule has 0 aliphatic heterocycles. The lowest BCUT2D eigenvalue weighted by Crippen LogP contribution is -2.41. The first kappa shape index (κ1) is 18.4. The molecule has 0 radical (unpaired) electrons. The van der Waals surface area contributed by atoms with Gasteiger partial charge in [0.05, 0.1) is 17.7 Å². The van der Waals surface area contributed by atoms with Crippen molar-refractivity contribution >= 4 is 6.03 Å². The van der Waals surface area contributed by atoms with Crippen molar-refractivity contribution in [3.63, 3.8) is 0 Å². The largest absolute Gasteiger partial charge is 0.388 e. The number of hydrogen-bond acceptors (Lipinski definition) is 3. The minimum Gasteiger partial charge on any atom is -0.388 e. The summed E-state index contributed by atoms with van der Waals surface area (Å²) in [5, 5.41) is 24.2. The fraction of sp³-hybridized carbons (Fsp3) is 0.263. The van der Waals surface area contributed by atoms with Gasteiger partial charge in [0, 0.05) is 18.2 Å². The molecule has 2 atom stereocenters. The molecule has 0 bridgehead atoms. The predicted octanol–water partition coefficient (Wildman–Crippen LogP) is 3.01. The SMILES string of the molecule is C[C@@H](C[C@@H](O)c1ccccc1)NC(=O)NCc1cc(C#N)ccc1F. The highest BCUT2D eigenvalue weighted by atomic mass is 19.1. The molecule has 0 unspecified atom stereocenters. The molecule has 0 fully saturated rings. The summed E-state index contributed by atoms with van der Waals surface area (Å²) in [6.45, 7) is 1.75. The number of urea groups is 1. The van der Waals surface area contributed by atoms with Crippen molar-refractivity contribution in [2.45, 2.75) is 32.0 Å². The molecule has 2 aromatic rings. The van der Waals surface area contributed by atoms with Crippen molar-refractivity contribution in [3.8, 4) is 6.07 Å². The summed E-state index contributed by atoms with van der Waals surface area (Å²) in [7, 11) is 0. The second kappa shape index (κ2) is 8.81. The number of halogens is 1. The van der Waals surface area contributed by atoms with E-state index in [1.807, 2.05) is 36.4 Å². The van der Waals surface area contributed by atoms with Crippen LogP contribution in [0.2, 0.25) is 0 Å². The summed E-state index contributed by atoms with van der Waals surface area (Å²) in [6.07, 6.45) is -0.323. The molecule has 2 amide bonds. The molecule has 6 heteroatoms. The van der Waals surface area contributed by atoms with E-state index in [1.165, 1.54) is 18.2 Å². The van der Waals surface area contributed by atoms with Gasteiger partial charge in [-0.15, -0.1) is 0 Å². The molecule has 0 aromatic heterocycles. The maximum Gasteiger partial charge on any atom is 0.315 e. The lowest BCUT2D eigenvalue weighted by Gasteiger charge is -2.18. The van der Waals surface area contributed by atoms with Gasteiger partial charge in [-0.3, -0.25) is 0 Å². The first-order valence-electron chi connectivity index (χ1n) is 7.95. The number of nitrogens with zero attached hydrogens (tertiary/aromatic N) is 1. The van der Waals surface area contributed by atoms with Crippen molar-refractivity contribution in [1.29, 1.82) is 5.26 Å². The van der Waals surface area contributed by atoms with E-state index in [2.05, 4.69) is 10.6 Å². The monoisotopic (exact) mass is 341 g/mol. The molecule has 0 saturated carbocycles. The Hall–Kier alpha value is -2.91. The van der Waals surface area contributed by atoms with E-state index in [9.17, 15) is 14.3 Å². The number of carbonyl (C=O) groups is 1. The van der Waals surface area contributed by atoms with E-state index in [4.69, 9.17) is 5.26 Å². The summed E-state index contributed by atoms with van der Waals surface area (Å²) >= 11 is 0. The number of benzene rings is 2. The van der Waals surface area contributed by atoms with Gasteiger partial charge in [0.15, 0.2) is 0 Å². The topological polar surface area (TPSA) is 85.2 Å². The molecular formula is C19H20FN3O2. The highest BCUT2D eigenvalue weighted by molar-refractivity contribution is 5.74. The summed E-state index contributed by atoms with van der Waals surface area (Å²) in [4.78, 5) is 11.9. The van der Waals surface area contributed by atoms with E-state index in [0.29, 0.717) is 12.0 Å². The minimum atomic E-state index is -0.679. The van der Waals surface area contributed by atoms with Crippen LogP contribution in [0.15, 0.2) is 48.5 Å². The number of rotatable bonds is 6. The smallest absolute Gasteiger partial charge is 0.315 e. The number of nitrogens with one attached hydrogen (secondary N) is 2. The fourth-order valence-electron chi connectivity index (χ4n) is 2.44. The third-order valence-electron chi connectivity index (χ3n) is 3.75. The number of carbonyl (C=O) groups excluding carboxylic acids is 1. The highest BCUT2D eigenvalue weighted by Gasteiger charge is 2.14. The standard InChI is InChI=1S/C19H20FN3O2/c1-13(9-18(24)15-5-3-2-4-6-15)23-19(25)22-12-16-10-14(11-21)7-8-17(16)20/h2-8,10,13,18,24H,9,12H2,1H3,(H2,22,23,25)/t13-,18+/m0/s1. The Morgan fingerprint density at radius 3 is 2.68 bits per heavy atom. The van der Waals surface area contributed by atoms with Crippen LogP contribution in [0.5, 0.6) is 0 Å². The van der Waals surface area contributed by atoms with Crippen LogP contribution in [-0.4, -0.2) is 17.2 Å². The van der Waals surface area contributed by atoms with E-state index in [0.717, 1.165) is 5.56 Å². The van der Waals surface area contributed by atoms with Gasteiger partial charge in [-0.1, -0.05) is 30.3 Å². The van der Waals surface area contributed by atoms with Crippen molar-refractivity contribution < 1.29 is 14.3 Å². The molecule has 2 rings (SSSR count). The minimum absolute atomic E-state index is 0.0266. The van der Waals surface area contributed by atoms with Gasteiger partial charge in [-0.25, -0.2) is 9.18 Å². The van der Waals surface area contributed by atoms with Crippen molar-refractivity contribution in [1.82, 2.24) is 10.6 Å². The number of aliphatic hydroxyl groups is 1. The van der Waals surface area contributed by atoms with E-state index < -0.39 is 18.0 Å². The second-order valence-corrected chi connectivity index (χ2v) is 5.81. The molecule has 0 saturated heterocycles. The molecule has 130 valence electrons. The first-order valence-corrected chi connectivity index (χ1v) is 7.95. The second-order valence-electron chi connectivity index (χ2n) is 5.81. The Morgan fingerprint density at radius 1 is 1.28 bits per heavy atom. The average Bonchev–Trinajstić information content (AvgIpc) is 2.61. The fourth-order valence-corrected chi connectivity index (χ4v) is 2.44. The average molecular weight is 341 g/mol. The van der Waals surface area contributed by atoms with Crippen LogP contribution in [-0.2, 0) is 6.54 Å². The molecule has 3 N–H and O–H groups in total. The number of hydrogen-bond donors (Lipinski definition) is 3. The molecule has 0 spiro atoms. The summed E-state index contributed by atoms with van der Waals surface area (Å²) in [5.41, 5.74) is 1.36. The van der Waals surface area contributed by atoms with Crippen LogP contribution in [0.1, 0.15) is 36.1 Å². The maximum absolute atomic E-state index is 13.7. The van der Waals surface area contributed by atoms with Gasteiger partial charge < -0.3 is 15.7 Å². The molecule has 0 aliphatic carbocycles. The van der Waals surface area contributed by atoms with Gasteiger partial charge in [0.1, 0.15) is 5.82 Å². The van der Waals surface area contributed by atoms with Gasteiger partial charge in [-0.05, 0) is 37.1 Å². The van der Waals surface area contributed by atoms with Crippen LogP contribution in [0, 0.1) is 17.1 Å². The molecule has 25 heavy (non-hydrogen) atoms. The molecule has 0 aliphatic rings. The van der Waals surface area contributed by atoms with E-state index in [1.54, 1.807) is 6.92 Å². The Bertz CT molecular complexity index is 759. The Labute approximate surface area is 146 Å². The van der Waals surface area contributed by atoms with Crippen LogP contribution in [0.4, 0.5) is 9.18 Å². The summed E-state index contributed by atoms with van der Waals surface area (Å²) in [5.74, 6) is -0.480. The predicted molar refractivity (Wildman–Crippen MR) is 92.0 cm³/mol.